The lowest BCUT2D eigenvalue weighted by Gasteiger charge is -2.34. The van der Waals surface area contributed by atoms with Crippen molar-refractivity contribution in [2.75, 3.05) is 26.2 Å². The van der Waals surface area contributed by atoms with Crippen molar-refractivity contribution in [1.29, 1.82) is 0 Å². The fourth-order valence-corrected chi connectivity index (χ4v) is 4.16. The third kappa shape index (κ3) is 6.63. The molecular weight excluding hydrogens is 398 g/mol. The number of carbonyl (C=O) groups is 2. The van der Waals surface area contributed by atoms with Gasteiger partial charge in [-0.2, -0.15) is 4.31 Å². The summed E-state index contributed by atoms with van der Waals surface area (Å²) in [7, 11) is -3.38. The van der Waals surface area contributed by atoms with Gasteiger partial charge in [0.1, 0.15) is 0 Å². The first-order chi connectivity index (χ1) is 13.7. The molecule has 1 aliphatic heterocycles. The smallest absolute Gasteiger partial charge is 0.414 e. The molecule has 3 rings (SSSR count). The molecule has 0 radical (unpaired) electrons. The predicted molar refractivity (Wildman–Crippen MR) is 105 cm³/mol. The highest BCUT2D eigenvalue weighted by Crippen LogP contribution is 2.18. The molecule has 1 aromatic carbocycles. The molecular formula is C19H23N3O6S. The first-order valence-corrected chi connectivity index (χ1v) is 10.3. The third-order valence-electron chi connectivity index (χ3n) is 4.33. The van der Waals surface area contributed by atoms with E-state index in [0.29, 0.717) is 18.0 Å². The Kier molecular flexibility index (Phi) is 7.82. The van der Waals surface area contributed by atoms with Crippen molar-refractivity contribution in [3.05, 3.63) is 59.9 Å². The Morgan fingerprint density at radius 1 is 0.931 bits per heavy atom. The summed E-state index contributed by atoms with van der Waals surface area (Å²) < 4.78 is 26.9. The molecule has 0 atom stereocenters. The average Bonchev–Trinajstić information content (AvgIpc) is 2.70. The molecule has 2 N–H and O–H groups in total. The summed E-state index contributed by atoms with van der Waals surface area (Å²) in [6.07, 6.45) is 3.57. The maximum absolute atomic E-state index is 12.7. The summed E-state index contributed by atoms with van der Waals surface area (Å²) in [6, 6.07) is 11.0. The van der Waals surface area contributed by atoms with Crippen molar-refractivity contribution in [3.8, 4) is 0 Å². The second kappa shape index (κ2) is 10.1. The number of benzene rings is 1. The summed E-state index contributed by atoms with van der Waals surface area (Å²) in [4.78, 5) is 24.9. The van der Waals surface area contributed by atoms with E-state index in [-0.39, 0.29) is 0 Å². The third-order valence-corrected chi connectivity index (χ3v) is 6.24. The number of hydrogen-bond donors (Lipinski definition) is 2. The molecule has 9 nitrogen and oxygen atoms in total. The normalized spacial score (nSPS) is 15.2. The van der Waals surface area contributed by atoms with Gasteiger partial charge in [0.25, 0.3) is 0 Å². The quantitative estimate of drug-likeness (QED) is 0.701. The van der Waals surface area contributed by atoms with Crippen molar-refractivity contribution in [3.63, 3.8) is 0 Å². The zero-order chi connectivity index (χ0) is 21.4. The Morgan fingerprint density at radius 2 is 1.45 bits per heavy atom. The first kappa shape index (κ1) is 22.5. The number of aryl methyl sites for hydroxylation is 1. The number of carboxylic acid groups (broad SMARTS) is 2. The first-order valence-electron chi connectivity index (χ1n) is 8.84. The fourth-order valence-electron chi connectivity index (χ4n) is 2.73. The number of nitrogens with zero attached hydrogens (tertiary/aromatic N) is 3. The van der Waals surface area contributed by atoms with Gasteiger partial charge >= 0.3 is 11.9 Å². The molecule has 0 amide bonds. The molecule has 2 aromatic rings. The van der Waals surface area contributed by atoms with Crippen LogP contribution >= 0.6 is 0 Å². The van der Waals surface area contributed by atoms with Gasteiger partial charge in [0.2, 0.25) is 10.0 Å². The van der Waals surface area contributed by atoms with Crippen LogP contribution in [-0.4, -0.2) is 70.9 Å². The van der Waals surface area contributed by atoms with E-state index in [1.165, 1.54) is 5.56 Å². The summed E-state index contributed by atoms with van der Waals surface area (Å²) >= 11 is 0. The Morgan fingerprint density at radius 3 is 1.93 bits per heavy atom. The Balaban J connectivity index is 0.000000438. The number of hydrogen-bond acceptors (Lipinski definition) is 6. The van der Waals surface area contributed by atoms with Gasteiger partial charge in [-0.3, -0.25) is 9.88 Å². The topological polar surface area (TPSA) is 128 Å². The van der Waals surface area contributed by atoms with E-state index in [9.17, 15) is 8.42 Å². The van der Waals surface area contributed by atoms with Crippen LogP contribution in [0.15, 0.2) is 53.7 Å². The van der Waals surface area contributed by atoms with E-state index in [1.807, 2.05) is 31.2 Å². The molecule has 1 fully saturated rings. The second-order valence-corrected chi connectivity index (χ2v) is 8.40. The van der Waals surface area contributed by atoms with Crippen LogP contribution in [0, 0.1) is 6.92 Å². The van der Waals surface area contributed by atoms with E-state index in [4.69, 9.17) is 19.8 Å². The molecule has 0 spiro atoms. The molecule has 0 bridgehead atoms. The Hall–Kier alpha value is -2.82. The average molecular weight is 421 g/mol. The van der Waals surface area contributed by atoms with Crippen molar-refractivity contribution in [1.82, 2.24) is 14.2 Å². The van der Waals surface area contributed by atoms with Gasteiger partial charge in [-0.15, -0.1) is 0 Å². The van der Waals surface area contributed by atoms with E-state index >= 15 is 0 Å². The van der Waals surface area contributed by atoms with Gasteiger partial charge in [0.15, 0.2) is 0 Å². The highest BCUT2D eigenvalue weighted by atomic mass is 32.2. The number of aromatic nitrogens is 1. The molecule has 1 aliphatic rings. The van der Waals surface area contributed by atoms with Crippen LogP contribution < -0.4 is 0 Å². The van der Waals surface area contributed by atoms with Gasteiger partial charge < -0.3 is 10.2 Å². The molecule has 156 valence electrons. The monoisotopic (exact) mass is 421 g/mol. The lowest BCUT2D eigenvalue weighted by Crippen LogP contribution is -2.48. The highest BCUT2D eigenvalue weighted by Gasteiger charge is 2.28. The second-order valence-electron chi connectivity index (χ2n) is 6.46. The van der Waals surface area contributed by atoms with Crippen LogP contribution in [0.25, 0.3) is 0 Å². The van der Waals surface area contributed by atoms with Gasteiger partial charge in [0.05, 0.1) is 4.90 Å². The Labute approximate surface area is 169 Å². The van der Waals surface area contributed by atoms with Crippen LogP contribution in [0.3, 0.4) is 0 Å². The molecule has 0 unspecified atom stereocenters. The number of rotatable bonds is 4. The maximum atomic E-state index is 12.7. The van der Waals surface area contributed by atoms with Crippen LogP contribution in [0.2, 0.25) is 0 Å². The van der Waals surface area contributed by atoms with E-state index in [2.05, 4.69) is 9.88 Å². The fraction of sp³-hybridized carbons (Fsp3) is 0.316. The minimum atomic E-state index is -3.38. The van der Waals surface area contributed by atoms with E-state index < -0.39 is 22.0 Å². The SMILES string of the molecule is Cc1ccc(S(=O)(=O)N2CCN(Cc3ccncc3)CC2)cc1.O=C(O)C(=O)O. The van der Waals surface area contributed by atoms with Crippen molar-refractivity contribution in [2.24, 2.45) is 0 Å². The lowest BCUT2D eigenvalue weighted by molar-refractivity contribution is -0.159. The lowest BCUT2D eigenvalue weighted by atomic mass is 10.2. The summed E-state index contributed by atoms with van der Waals surface area (Å²) in [5, 5.41) is 14.8. The number of pyridine rings is 1. The van der Waals surface area contributed by atoms with Crippen molar-refractivity contribution < 1.29 is 28.2 Å². The molecule has 2 heterocycles. The van der Waals surface area contributed by atoms with Gasteiger partial charge in [-0.1, -0.05) is 17.7 Å². The Bertz CT molecular complexity index is 912. The number of piperazine rings is 1. The molecule has 29 heavy (non-hydrogen) atoms. The largest absolute Gasteiger partial charge is 0.473 e. The van der Waals surface area contributed by atoms with Gasteiger partial charge in [0, 0.05) is 45.1 Å². The highest BCUT2D eigenvalue weighted by molar-refractivity contribution is 7.89. The molecule has 1 saturated heterocycles. The number of sulfonamides is 1. The number of aliphatic carboxylic acids is 2. The molecule has 10 heteroatoms. The van der Waals surface area contributed by atoms with Crippen molar-refractivity contribution >= 4 is 22.0 Å². The minimum absolute atomic E-state index is 0.380. The van der Waals surface area contributed by atoms with Crippen LogP contribution in [0.5, 0.6) is 0 Å². The molecule has 1 aromatic heterocycles. The molecule has 0 saturated carbocycles. The molecule has 0 aliphatic carbocycles. The zero-order valence-corrected chi connectivity index (χ0v) is 16.7. The van der Waals surface area contributed by atoms with Crippen LogP contribution in [0.4, 0.5) is 0 Å². The van der Waals surface area contributed by atoms with E-state index in [1.54, 1.807) is 28.8 Å². The summed E-state index contributed by atoms with van der Waals surface area (Å²) in [5.41, 5.74) is 2.26. The maximum Gasteiger partial charge on any atom is 0.414 e. The predicted octanol–water partition coefficient (Wildman–Crippen LogP) is 1.05. The van der Waals surface area contributed by atoms with Crippen molar-refractivity contribution in [2.45, 2.75) is 18.4 Å². The minimum Gasteiger partial charge on any atom is -0.473 e. The van der Waals surface area contributed by atoms with Gasteiger partial charge in [-0.25, -0.2) is 18.0 Å². The summed E-state index contributed by atoms with van der Waals surface area (Å²) in [6.45, 7) is 5.33. The summed E-state index contributed by atoms with van der Waals surface area (Å²) in [5.74, 6) is -3.65. The van der Waals surface area contributed by atoms with Crippen LogP contribution in [0.1, 0.15) is 11.1 Å². The standard InChI is InChI=1S/C17H21N3O2S.C2H2O4/c1-15-2-4-17(5-3-15)23(21,22)20-12-10-19(11-13-20)14-16-6-8-18-9-7-16;3-1(4)2(5)6/h2-9H,10-14H2,1H3;(H,3,4)(H,5,6). The van der Waals surface area contributed by atoms with Crippen LogP contribution in [-0.2, 0) is 26.2 Å². The number of carboxylic acids is 2. The zero-order valence-electron chi connectivity index (χ0n) is 15.9. The van der Waals surface area contributed by atoms with Gasteiger partial charge in [-0.05, 0) is 36.8 Å². The van der Waals surface area contributed by atoms with E-state index in [0.717, 1.165) is 25.2 Å².